The Morgan fingerprint density at radius 2 is 1.75 bits per heavy atom. The minimum Gasteiger partial charge on any atom is -0.298 e. The molecular weight excluding hydrogens is 150 g/mol. The summed E-state index contributed by atoms with van der Waals surface area (Å²) in [6.45, 7) is 1.00. The fraction of sp³-hybridized carbons (Fsp3) is 1.00. The Hall–Kier alpha value is -0.0800. The Morgan fingerprint density at radius 1 is 1.08 bits per heavy atom. The molecule has 2 spiro atoms. The van der Waals surface area contributed by atoms with Gasteiger partial charge in [0.2, 0.25) is 0 Å². The number of hydroxylamine groups is 2. The van der Waals surface area contributed by atoms with Gasteiger partial charge in [-0.15, -0.1) is 0 Å². The van der Waals surface area contributed by atoms with Crippen LogP contribution in [0.2, 0.25) is 0 Å². The van der Waals surface area contributed by atoms with E-state index in [1.807, 2.05) is 0 Å². The highest BCUT2D eigenvalue weighted by Gasteiger charge is 2.66. The molecule has 3 rings (SSSR count). The minimum atomic E-state index is 0.465. The number of rotatable bonds is 0. The molecule has 68 valence electrons. The Bertz CT molecular complexity index is 204. The second kappa shape index (κ2) is 2.05. The van der Waals surface area contributed by atoms with Gasteiger partial charge >= 0.3 is 0 Å². The van der Waals surface area contributed by atoms with Gasteiger partial charge in [-0.3, -0.25) is 4.84 Å². The Kier molecular flexibility index (Phi) is 1.25. The van der Waals surface area contributed by atoms with E-state index in [-0.39, 0.29) is 0 Å². The first-order valence-electron chi connectivity index (χ1n) is 5.16. The molecule has 1 saturated heterocycles. The van der Waals surface area contributed by atoms with Crippen molar-refractivity contribution in [3.8, 4) is 0 Å². The molecule has 2 nitrogen and oxygen atoms in total. The van der Waals surface area contributed by atoms with Crippen LogP contribution in [0.25, 0.3) is 0 Å². The van der Waals surface area contributed by atoms with E-state index in [0.29, 0.717) is 11.0 Å². The molecule has 3 aliphatic rings. The predicted octanol–water partition coefficient (Wildman–Crippen LogP) is 1.96. The molecule has 3 fully saturated rings. The molecule has 0 amide bonds. The van der Waals surface area contributed by atoms with Gasteiger partial charge in [-0.05, 0) is 25.7 Å². The summed E-state index contributed by atoms with van der Waals surface area (Å²) in [5.41, 5.74) is 1.06. The van der Waals surface area contributed by atoms with Gasteiger partial charge in [0.1, 0.15) is 0 Å². The summed E-state index contributed by atoms with van der Waals surface area (Å²) in [4.78, 5) is 5.70. The topological polar surface area (TPSA) is 12.5 Å². The summed E-state index contributed by atoms with van der Waals surface area (Å²) in [6, 6.07) is 0. The van der Waals surface area contributed by atoms with Crippen LogP contribution in [-0.2, 0) is 4.84 Å². The van der Waals surface area contributed by atoms with Crippen molar-refractivity contribution < 1.29 is 4.84 Å². The quantitative estimate of drug-likeness (QED) is 0.547. The third-order valence-corrected chi connectivity index (χ3v) is 4.41. The zero-order valence-corrected chi connectivity index (χ0v) is 7.81. The SMILES string of the molecule is CN1OCC2(CC2)C12CCCC2. The van der Waals surface area contributed by atoms with E-state index in [1.54, 1.807) is 0 Å². The normalized spacial score (nSPS) is 36.8. The third-order valence-electron chi connectivity index (χ3n) is 4.41. The van der Waals surface area contributed by atoms with Crippen LogP contribution in [0, 0.1) is 5.41 Å². The van der Waals surface area contributed by atoms with Gasteiger partial charge in [-0.2, -0.15) is 5.06 Å². The standard InChI is InChI=1S/C10H17NO/c1-11-10(4-2-3-5-10)9(6-7-9)8-12-11/h2-8H2,1H3. The molecule has 0 aromatic rings. The molecule has 12 heavy (non-hydrogen) atoms. The maximum atomic E-state index is 5.70. The van der Waals surface area contributed by atoms with Crippen molar-refractivity contribution in [2.45, 2.75) is 44.1 Å². The summed E-state index contributed by atoms with van der Waals surface area (Å²) in [6.07, 6.45) is 8.41. The monoisotopic (exact) mass is 167 g/mol. The number of hydrogen-bond acceptors (Lipinski definition) is 2. The van der Waals surface area contributed by atoms with E-state index in [4.69, 9.17) is 4.84 Å². The highest BCUT2D eigenvalue weighted by Crippen LogP contribution is 2.64. The first kappa shape index (κ1) is 7.34. The molecule has 1 heterocycles. The van der Waals surface area contributed by atoms with Gasteiger partial charge in [0.25, 0.3) is 0 Å². The van der Waals surface area contributed by atoms with Gasteiger partial charge in [-0.25, -0.2) is 0 Å². The zero-order valence-electron chi connectivity index (χ0n) is 7.81. The van der Waals surface area contributed by atoms with Crippen LogP contribution >= 0.6 is 0 Å². The molecule has 0 aromatic carbocycles. The van der Waals surface area contributed by atoms with Gasteiger partial charge in [-0.1, -0.05) is 12.8 Å². The zero-order chi connectivity index (χ0) is 8.23. The van der Waals surface area contributed by atoms with E-state index >= 15 is 0 Å². The van der Waals surface area contributed by atoms with Gasteiger partial charge in [0.05, 0.1) is 12.1 Å². The second-order valence-electron chi connectivity index (χ2n) is 4.79. The Labute approximate surface area is 73.8 Å². The van der Waals surface area contributed by atoms with E-state index in [2.05, 4.69) is 12.1 Å². The largest absolute Gasteiger partial charge is 0.298 e. The average molecular weight is 167 g/mol. The Morgan fingerprint density at radius 3 is 2.33 bits per heavy atom. The summed E-state index contributed by atoms with van der Waals surface area (Å²) in [5.74, 6) is 0. The van der Waals surface area contributed by atoms with Crippen molar-refractivity contribution in [3.63, 3.8) is 0 Å². The molecule has 1 aliphatic heterocycles. The van der Waals surface area contributed by atoms with E-state index in [1.165, 1.54) is 38.5 Å². The van der Waals surface area contributed by atoms with Crippen LogP contribution in [0.15, 0.2) is 0 Å². The molecule has 2 aliphatic carbocycles. The van der Waals surface area contributed by atoms with E-state index in [0.717, 1.165) is 6.61 Å². The fourth-order valence-corrected chi connectivity index (χ4v) is 3.38. The predicted molar refractivity (Wildman–Crippen MR) is 46.6 cm³/mol. The van der Waals surface area contributed by atoms with Gasteiger partial charge < -0.3 is 0 Å². The number of hydrogen-bond donors (Lipinski definition) is 0. The van der Waals surface area contributed by atoms with E-state index in [9.17, 15) is 0 Å². The molecule has 0 aromatic heterocycles. The lowest BCUT2D eigenvalue weighted by Crippen LogP contribution is -2.44. The highest BCUT2D eigenvalue weighted by atomic mass is 16.7. The number of fused-ring (bicyclic) bond motifs is 1. The highest BCUT2D eigenvalue weighted by molar-refractivity contribution is 5.16. The van der Waals surface area contributed by atoms with Crippen molar-refractivity contribution in [1.29, 1.82) is 0 Å². The van der Waals surface area contributed by atoms with Crippen molar-refractivity contribution in [2.75, 3.05) is 13.7 Å². The van der Waals surface area contributed by atoms with E-state index < -0.39 is 0 Å². The molecular formula is C10H17NO. The lowest BCUT2D eigenvalue weighted by atomic mass is 9.80. The number of nitrogens with zero attached hydrogens (tertiary/aromatic N) is 1. The fourth-order valence-electron chi connectivity index (χ4n) is 3.38. The molecule has 0 N–H and O–H groups in total. The molecule has 2 saturated carbocycles. The van der Waals surface area contributed by atoms with Crippen LogP contribution in [0.3, 0.4) is 0 Å². The lowest BCUT2D eigenvalue weighted by Gasteiger charge is -2.34. The van der Waals surface area contributed by atoms with Crippen LogP contribution in [0.5, 0.6) is 0 Å². The summed E-state index contributed by atoms with van der Waals surface area (Å²) >= 11 is 0. The first-order valence-corrected chi connectivity index (χ1v) is 5.16. The van der Waals surface area contributed by atoms with Crippen LogP contribution in [0.1, 0.15) is 38.5 Å². The second-order valence-corrected chi connectivity index (χ2v) is 4.79. The molecule has 0 bridgehead atoms. The summed E-state index contributed by atoms with van der Waals surface area (Å²) in [5, 5.41) is 2.19. The van der Waals surface area contributed by atoms with Gasteiger partial charge in [0, 0.05) is 12.5 Å². The van der Waals surface area contributed by atoms with Crippen molar-refractivity contribution in [2.24, 2.45) is 5.41 Å². The van der Waals surface area contributed by atoms with Crippen LogP contribution in [-0.4, -0.2) is 24.3 Å². The minimum absolute atomic E-state index is 0.465. The van der Waals surface area contributed by atoms with Crippen LogP contribution < -0.4 is 0 Å². The average Bonchev–Trinajstić information content (AvgIpc) is 2.60. The lowest BCUT2D eigenvalue weighted by molar-refractivity contribution is -0.142. The molecule has 0 radical (unpaired) electrons. The van der Waals surface area contributed by atoms with Crippen molar-refractivity contribution >= 4 is 0 Å². The molecule has 2 heteroatoms. The molecule has 0 atom stereocenters. The summed E-state index contributed by atoms with van der Waals surface area (Å²) < 4.78 is 0. The maximum Gasteiger partial charge on any atom is 0.0760 e. The molecule has 0 unspecified atom stereocenters. The smallest absolute Gasteiger partial charge is 0.0760 e. The Balaban J connectivity index is 1.97. The van der Waals surface area contributed by atoms with Gasteiger partial charge in [0.15, 0.2) is 0 Å². The van der Waals surface area contributed by atoms with Crippen LogP contribution in [0.4, 0.5) is 0 Å². The van der Waals surface area contributed by atoms with Crippen molar-refractivity contribution in [3.05, 3.63) is 0 Å². The maximum absolute atomic E-state index is 5.70. The third kappa shape index (κ3) is 0.647. The van der Waals surface area contributed by atoms with Crippen molar-refractivity contribution in [1.82, 2.24) is 5.06 Å². The summed E-state index contributed by atoms with van der Waals surface area (Å²) in [7, 11) is 2.14. The first-order chi connectivity index (χ1) is 5.79.